The first-order chi connectivity index (χ1) is 15.0. The summed E-state index contributed by atoms with van der Waals surface area (Å²) in [6, 6.07) is 10.7. The van der Waals surface area contributed by atoms with E-state index in [-0.39, 0.29) is 35.9 Å². The minimum Gasteiger partial charge on any atom is -0.487 e. The molecule has 32 heavy (non-hydrogen) atoms. The number of rotatable bonds is 4. The Morgan fingerprint density at radius 3 is 2.44 bits per heavy atom. The summed E-state index contributed by atoms with van der Waals surface area (Å²) in [4.78, 5) is 13.1. The van der Waals surface area contributed by atoms with Crippen LogP contribution < -0.4 is 10.1 Å². The van der Waals surface area contributed by atoms with Gasteiger partial charge in [-0.1, -0.05) is 17.7 Å². The Kier molecular flexibility index (Phi) is 6.02. The van der Waals surface area contributed by atoms with E-state index < -0.39 is 21.4 Å². The number of carbonyl (C=O) groups is 1. The van der Waals surface area contributed by atoms with Gasteiger partial charge in [0, 0.05) is 31.0 Å². The zero-order valence-corrected chi connectivity index (χ0v) is 19.4. The lowest BCUT2D eigenvalue weighted by Gasteiger charge is -2.39. The van der Waals surface area contributed by atoms with Crippen molar-refractivity contribution in [1.29, 1.82) is 0 Å². The zero-order valence-electron chi connectivity index (χ0n) is 18.6. The molecule has 0 spiro atoms. The molecule has 6 nitrogen and oxygen atoms in total. The van der Waals surface area contributed by atoms with Crippen molar-refractivity contribution in [2.75, 3.05) is 13.1 Å². The minimum absolute atomic E-state index is 0.0565. The first-order valence-electron chi connectivity index (χ1n) is 10.9. The number of amides is 1. The Hall–Kier alpha value is -2.45. The molecule has 1 atom stereocenters. The first kappa shape index (κ1) is 22.7. The number of benzene rings is 2. The molecule has 2 heterocycles. The Morgan fingerprint density at radius 2 is 1.78 bits per heavy atom. The van der Waals surface area contributed by atoms with Crippen molar-refractivity contribution in [2.24, 2.45) is 5.92 Å². The van der Waals surface area contributed by atoms with Crippen molar-refractivity contribution in [3.63, 3.8) is 0 Å². The van der Waals surface area contributed by atoms with E-state index in [1.165, 1.54) is 16.4 Å². The maximum atomic E-state index is 13.2. The molecule has 0 radical (unpaired) electrons. The molecule has 0 bridgehead atoms. The molecule has 0 aromatic heterocycles. The molecule has 0 aliphatic carbocycles. The number of hydrogen-bond acceptors (Lipinski definition) is 4. The normalized spacial score (nSPS) is 21.4. The van der Waals surface area contributed by atoms with Gasteiger partial charge in [0.1, 0.15) is 17.2 Å². The standard InChI is InChI=1S/C24H29FN2O4S/c1-16-4-9-22-20(14-16)21(15-24(2,3)31-22)26-23(28)17-10-12-27(13-11-17)32(29,30)19-7-5-18(25)6-8-19/h4-9,14,17,21H,10-13,15H2,1-3H3,(H,26,28)/t21-/m1/s1. The van der Waals surface area contributed by atoms with Crippen molar-refractivity contribution >= 4 is 15.9 Å². The fourth-order valence-electron chi connectivity index (χ4n) is 4.51. The summed E-state index contributed by atoms with van der Waals surface area (Å²) in [6.07, 6.45) is 1.55. The van der Waals surface area contributed by atoms with E-state index in [0.29, 0.717) is 19.3 Å². The van der Waals surface area contributed by atoms with Gasteiger partial charge in [-0.25, -0.2) is 12.8 Å². The molecule has 2 aromatic carbocycles. The molecule has 1 saturated heterocycles. The predicted octanol–water partition coefficient (Wildman–Crippen LogP) is 3.95. The average molecular weight is 461 g/mol. The van der Waals surface area contributed by atoms with Gasteiger partial charge in [-0.05, 0) is 63.9 Å². The highest BCUT2D eigenvalue weighted by Crippen LogP contribution is 2.40. The van der Waals surface area contributed by atoms with E-state index in [4.69, 9.17) is 4.74 Å². The monoisotopic (exact) mass is 460 g/mol. The van der Waals surface area contributed by atoms with Gasteiger partial charge in [-0.3, -0.25) is 4.79 Å². The third-order valence-electron chi connectivity index (χ3n) is 6.22. The number of nitrogens with zero attached hydrogens (tertiary/aromatic N) is 1. The van der Waals surface area contributed by atoms with Crippen LogP contribution >= 0.6 is 0 Å². The Bertz CT molecular complexity index is 1110. The number of sulfonamides is 1. The molecule has 1 N–H and O–H groups in total. The molecular weight excluding hydrogens is 431 g/mol. The molecular formula is C24H29FN2O4S. The van der Waals surface area contributed by atoms with Crippen molar-refractivity contribution in [1.82, 2.24) is 9.62 Å². The molecule has 0 saturated carbocycles. The average Bonchev–Trinajstić information content (AvgIpc) is 2.74. The summed E-state index contributed by atoms with van der Waals surface area (Å²) in [5, 5.41) is 3.19. The van der Waals surface area contributed by atoms with Gasteiger partial charge in [0.25, 0.3) is 0 Å². The van der Waals surface area contributed by atoms with Crippen LogP contribution in [0.4, 0.5) is 4.39 Å². The van der Waals surface area contributed by atoms with Gasteiger partial charge in [0.2, 0.25) is 15.9 Å². The van der Waals surface area contributed by atoms with Crippen molar-refractivity contribution in [3.8, 4) is 5.75 Å². The van der Waals surface area contributed by atoms with Gasteiger partial charge < -0.3 is 10.1 Å². The lowest BCUT2D eigenvalue weighted by Crippen LogP contribution is -2.46. The summed E-state index contributed by atoms with van der Waals surface area (Å²) >= 11 is 0. The largest absolute Gasteiger partial charge is 0.487 e. The van der Waals surface area contributed by atoms with Crippen molar-refractivity contribution in [3.05, 3.63) is 59.4 Å². The van der Waals surface area contributed by atoms with Crippen LogP contribution in [0, 0.1) is 18.7 Å². The number of halogens is 1. The number of hydrogen-bond donors (Lipinski definition) is 1. The molecule has 4 rings (SSSR count). The zero-order chi connectivity index (χ0) is 23.1. The van der Waals surface area contributed by atoms with Crippen LogP contribution in [0.2, 0.25) is 0 Å². The third-order valence-corrected chi connectivity index (χ3v) is 8.13. The van der Waals surface area contributed by atoms with Crippen molar-refractivity contribution < 1.29 is 22.3 Å². The highest BCUT2D eigenvalue weighted by Gasteiger charge is 2.37. The van der Waals surface area contributed by atoms with Crippen LogP contribution in [-0.2, 0) is 14.8 Å². The molecule has 2 aliphatic heterocycles. The molecule has 0 unspecified atom stereocenters. The molecule has 2 aromatic rings. The van der Waals surface area contributed by atoms with Gasteiger partial charge in [0.05, 0.1) is 10.9 Å². The van der Waals surface area contributed by atoms with E-state index in [1.54, 1.807) is 0 Å². The number of aryl methyl sites for hydroxylation is 1. The number of nitrogens with one attached hydrogen (secondary N) is 1. The number of ether oxygens (including phenoxy) is 1. The summed E-state index contributed by atoms with van der Waals surface area (Å²) in [5.74, 6) is -0.00221. The van der Waals surface area contributed by atoms with Crippen LogP contribution in [0.5, 0.6) is 5.75 Å². The maximum absolute atomic E-state index is 13.2. The maximum Gasteiger partial charge on any atom is 0.243 e. The van der Waals surface area contributed by atoms with Crippen LogP contribution in [0.25, 0.3) is 0 Å². The number of piperidine rings is 1. The fourth-order valence-corrected chi connectivity index (χ4v) is 5.98. The summed E-state index contributed by atoms with van der Waals surface area (Å²) in [7, 11) is -3.70. The quantitative estimate of drug-likeness (QED) is 0.750. The second-order valence-electron chi connectivity index (χ2n) is 9.30. The van der Waals surface area contributed by atoms with Crippen LogP contribution in [0.1, 0.15) is 50.3 Å². The number of carbonyl (C=O) groups excluding carboxylic acids is 1. The Balaban J connectivity index is 1.42. The Morgan fingerprint density at radius 1 is 1.12 bits per heavy atom. The Labute approximate surface area is 188 Å². The topological polar surface area (TPSA) is 75.7 Å². The van der Waals surface area contributed by atoms with Gasteiger partial charge >= 0.3 is 0 Å². The van der Waals surface area contributed by atoms with E-state index >= 15 is 0 Å². The predicted molar refractivity (Wildman–Crippen MR) is 119 cm³/mol. The van der Waals surface area contributed by atoms with Crippen LogP contribution in [0.3, 0.4) is 0 Å². The molecule has 1 fully saturated rings. The van der Waals surface area contributed by atoms with Gasteiger partial charge in [0.15, 0.2) is 0 Å². The molecule has 2 aliphatic rings. The van der Waals surface area contributed by atoms with E-state index in [2.05, 4.69) is 5.32 Å². The first-order valence-corrected chi connectivity index (χ1v) is 12.3. The second-order valence-corrected chi connectivity index (χ2v) is 11.2. The van der Waals surface area contributed by atoms with Crippen molar-refractivity contribution in [2.45, 2.75) is 56.6 Å². The fraction of sp³-hybridized carbons (Fsp3) is 0.458. The third kappa shape index (κ3) is 4.66. The van der Waals surface area contributed by atoms with E-state index in [0.717, 1.165) is 29.0 Å². The lowest BCUT2D eigenvalue weighted by molar-refractivity contribution is -0.127. The smallest absolute Gasteiger partial charge is 0.243 e. The van der Waals surface area contributed by atoms with Gasteiger partial charge in [-0.2, -0.15) is 4.31 Å². The molecule has 8 heteroatoms. The summed E-state index contributed by atoms with van der Waals surface area (Å²) in [6.45, 7) is 6.54. The van der Waals surface area contributed by atoms with Gasteiger partial charge in [-0.15, -0.1) is 0 Å². The lowest BCUT2D eigenvalue weighted by atomic mass is 9.88. The summed E-state index contributed by atoms with van der Waals surface area (Å²) in [5.41, 5.74) is 1.69. The minimum atomic E-state index is -3.70. The molecule has 172 valence electrons. The molecule has 1 amide bonds. The highest BCUT2D eigenvalue weighted by atomic mass is 32.2. The second kappa shape index (κ2) is 8.48. The SMILES string of the molecule is Cc1ccc2c(c1)[C@H](NC(=O)C1CCN(S(=O)(=O)c3ccc(F)cc3)CC1)CC(C)(C)O2. The van der Waals surface area contributed by atoms with Crippen LogP contribution in [-0.4, -0.2) is 37.3 Å². The highest BCUT2D eigenvalue weighted by molar-refractivity contribution is 7.89. The summed E-state index contributed by atoms with van der Waals surface area (Å²) < 4.78 is 46.3. The van der Waals surface area contributed by atoms with E-state index in [9.17, 15) is 17.6 Å². The van der Waals surface area contributed by atoms with Crippen LogP contribution in [0.15, 0.2) is 47.4 Å². The van der Waals surface area contributed by atoms with E-state index in [1.807, 2.05) is 39.0 Å². The number of fused-ring (bicyclic) bond motifs is 1.